The molecule has 0 N–H and O–H groups in total. The third-order valence-corrected chi connectivity index (χ3v) is 3.79. The summed E-state index contributed by atoms with van der Waals surface area (Å²) in [5.41, 5.74) is 1.74. The van der Waals surface area contributed by atoms with Gasteiger partial charge >= 0.3 is 0 Å². The van der Waals surface area contributed by atoms with E-state index < -0.39 is 0 Å². The summed E-state index contributed by atoms with van der Waals surface area (Å²) in [4.78, 5) is 19.3. The summed E-state index contributed by atoms with van der Waals surface area (Å²) in [7, 11) is 0. The van der Waals surface area contributed by atoms with Gasteiger partial charge in [-0.25, -0.2) is 4.98 Å². The number of nitrogens with zero attached hydrogens (tertiary/aromatic N) is 2. The first-order chi connectivity index (χ1) is 8.63. The van der Waals surface area contributed by atoms with E-state index in [0.29, 0.717) is 6.54 Å². The van der Waals surface area contributed by atoms with Crippen molar-refractivity contribution in [3.05, 3.63) is 45.9 Å². The first kappa shape index (κ1) is 12.8. The van der Waals surface area contributed by atoms with Gasteiger partial charge in [-0.2, -0.15) is 0 Å². The van der Waals surface area contributed by atoms with E-state index in [1.165, 1.54) is 11.3 Å². The number of carbonyl (C=O) groups excluding carboxylic acids is 1. The lowest BCUT2D eigenvalue weighted by atomic mass is 10.2. The highest BCUT2D eigenvalue weighted by Crippen LogP contribution is 2.22. The predicted molar refractivity (Wildman–Crippen MR) is 75.4 cm³/mol. The van der Waals surface area contributed by atoms with Crippen LogP contribution in [0.4, 0.5) is 5.69 Å². The van der Waals surface area contributed by atoms with E-state index in [-0.39, 0.29) is 5.91 Å². The smallest absolute Gasteiger partial charge is 0.270 e. The van der Waals surface area contributed by atoms with Crippen molar-refractivity contribution in [2.45, 2.75) is 20.8 Å². The van der Waals surface area contributed by atoms with Crippen LogP contribution in [-0.2, 0) is 0 Å². The zero-order valence-corrected chi connectivity index (χ0v) is 11.6. The Morgan fingerprint density at radius 3 is 2.44 bits per heavy atom. The third-order valence-electron chi connectivity index (χ3n) is 2.73. The van der Waals surface area contributed by atoms with E-state index in [4.69, 9.17) is 0 Å². The molecule has 0 aliphatic heterocycles. The van der Waals surface area contributed by atoms with Gasteiger partial charge < -0.3 is 4.90 Å². The Morgan fingerprint density at radius 2 is 1.94 bits per heavy atom. The van der Waals surface area contributed by atoms with Gasteiger partial charge in [0.2, 0.25) is 0 Å². The van der Waals surface area contributed by atoms with E-state index in [0.717, 1.165) is 21.3 Å². The van der Waals surface area contributed by atoms with Gasteiger partial charge in [0.15, 0.2) is 0 Å². The SMILES string of the molecule is CCN(C(=O)c1sc(C)nc1C)c1ccccc1. The molecule has 0 fully saturated rings. The molecule has 0 atom stereocenters. The number of amides is 1. The maximum absolute atomic E-state index is 12.5. The number of thiazole rings is 1. The standard InChI is InChI=1S/C14H16N2OS/c1-4-16(12-8-6-5-7-9-12)14(17)13-10(2)15-11(3)18-13/h5-9H,4H2,1-3H3. The van der Waals surface area contributed by atoms with Gasteiger partial charge in [0, 0.05) is 12.2 Å². The molecule has 3 nitrogen and oxygen atoms in total. The van der Waals surface area contributed by atoms with Gasteiger partial charge in [-0.15, -0.1) is 11.3 Å². The zero-order chi connectivity index (χ0) is 13.1. The van der Waals surface area contributed by atoms with Crippen molar-refractivity contribution in [2.75, 3.05) is 11.4 Å². The van der Waals surface area contributed by atoms with Crippen molar-refractivity contribution in [1.82, 2.24) is 4.98 Å². The molecular formula is C14H16N2OS. The van der Waals surface area contributed by atoms with Crippen LogP contribution in [0.25, 0.3) is 0 Å². The van der Waals surface area contributed by atoms with Crippen molar-refractivity contribution in [3.8, 4) is 0 Å². The van der Waals surface area contributed by atoms with Crippen molar-refractivity contribution in [2.24, 2.45) is 0 Å². The molecule has 94 valence electrons. The van der Waals surface area contributed by atoms with Crippen LogP contribution >= 0.6 is 11.3 Å². The molecule has 1 amide bonds. The van der Waals surface area contributed by atoms with E-state index in [1.54, 1.807) is 4.90 Å². The Balaban J connectivity index is 2.34. The lowest BCUT2D eigenvalue weighted by Crippen LogP contribution is -2.30. The summed E-state index contributed by atoms with van der Waals surface area (Å²) in [6.45, 7) is 6.44. The van der Waals surface area contributed by atoms with Crippen LogP contribution in [-0.4, -0.2) is 17.4 Å². The molecule has 0 spiro atoms. The molecule has 1 aromatic carbocycles. The predicted octanol–water partition coefficient (Wildman–Crippen LogP) is 3.43. The van der Waals surface area contributed by atoms with Gasteiger partial charge in [-0.3, -0.25) is 4.79 Å². The minimum atomic E-state index is 0.0341. The van der Waals surface area contributed by atoms with Crippen LogP contribution in [0.5, 0.6) is 0 Å². The van der Waals surface area contributed by atoms with Crippen LogP contribution in [0.3, 0.4) is 0 Å². The monoisotopic (exact) mass is 260 g/mol. The van der Waals surface area contributed by atoms with Crippen LogP contribution in [0.1, 0.15) is 27.3 Å². The fraction of sp³-hybridized carbons (Fsp3) is 0.286. The number of hydrogen-bond donors (Lipinski definition) is 0. The van der Waals surface area contributed by atoms with Crippen LogP contribution in [0.2, 0.25) is 0 Å². The number of aryl methyl sites for hydroxylation is 2. The molecule has 1 heterocycles. The number of para-hydroxylation sites is 1. The number of hydrogen-bond acceptors (Lipinski definition) is 3. The largest absolute Gasteiger partial charge is 0.308 e. The number of aromatic nitrogens is 1. The molecule has 0 radical (unpaired) electrons. The molecule has 0 aliphatic carbocycles. The van der Waals surface area contributed by atoms with Crippen LogP contribution in [0, 0.1) is 13.8 Å². The Hall–Kier alpha value is -1.68. The summed E-state index contributed by atoms with van der Waals surface area (Å²) in [6.07, 6.45) is 0. The molecule has 0 unspecified atom stereocenters. The number of rotatable bonds is 3. The summed E-state index contributed by atoms with van der Waals surface area (Å²) < 4.78 is 0. The first-order valence-electron chi connectivity index (χ1n) is 5.94. The minimum Gasteiger partial charge on any atom is -0.308 e. The highest BCUT2D eigenvalue weighted by molar-refractivity contribution is 7.13. The molecule has 1 aromatic heterocycles. The Kier molecular flexibility index (Phi) is 3.77. The minimum absolute atomic E-state index is 0.0341. The maximum Gasteiger partial charge on any atom is 0.270 e. The second-order valence-electron chi connectivity index (χ2n) is 4.03. The number of carbonyl (C=O) groups is 1. The summed E-state index contributed by atoms with van der Waals surface area (Å²) >= 11 is 1.46. The molecule has 4 heteroatoms. The van der Waals surface area contributed by atoms with Gasteiger partial charge in [0.25, 0.3) is 5.91 Å². The Labute approximate surface area is 111 Å². The summed E-state index contributed by atoms with van der Waals surface area (Å²) in [5, 5.41) is 0.931. The zero-order valence-electron chi connectivity index (χ0n) is 10.8. The molecule has 2 rings (SSSR count). The summed E-state index contributed by atoms with van der Waals surface area (Å²) in [6, 6.07) is 9.73. The van der Waals surface area contributed by atoms with E-state index in [2.05, 4.69) is 4.98 Å². The van der Waals surface area contributed by atoms with Gasteiger partial charge in [-0.1, -0.05) is 18.2 Å². The van der Waals surface area contributed by atoms with Gasteiger partial charge in [0.05, 0.1) is 10.7 Å². The Morgan fingerprint density at radius 1 is 1.28 bits per heavy atom. The van der Waals surface area contributed by atoms with Gasteiger partial charge in [0.1, 0.15) is 4.88 Å². The van der Waals surface area contributed by atoms with E-state index in [9.17, 15) is 4.79 Å². The van der Waals surface area contributed by atoms with Crippen molar-refractivity contribution in [3.63, 3.8) is 0 Å². The van der Waals surface area contributed by atoms with Crippen molar-refractivity contribution < 1.29 is 4.79 Å². The second-order valence-corrected chi connectivity index (χ2v) is 5.24. The normalized spacial score (nSPS) is 10.4. The quantitative estimate of drug-likeness (QED) is 0.847. The molecule has 18 heavy (non-hydrogen) atoms. The number of benzene rings is 1. The van der Waals surface area contributed by atoms with E-state index in [1.807, 2.05) is 51.1 Å². The topological polar surface area (TPSA) is 33.2 Å². The lowest BCUT2D eigenvalue weighted by Gasteiger charge is -2.20. The van der Waals surface area contributed by atoms with Crippen molar-refractivity contribution >= 4 is 22.9 Å². The maximum atomic E-state index is 12.5. The first-order valence-corrected chi connectivity index (χ1v) is 6.76. The van der Waals surface area contributed by atoms with Crippen LogP contribution in [0.15, 0.2) is 30.3 Å². The van der Waals surface area contributed by atoms with Gasteiger partial charge in [-0.05, 0) is 32.9 Å². The van der Waals surface area contributed by atoms with E-state index >= 15 is 0 Å². The lowest BCUT2D eigenvalue weighted by molar-refractivity contribution is 0.0991. The molecule has 0 saturated carbocycles. The average Bonchev–Trinajstić information content (AvgIpc) is 2.70. The van der Waals surface area contributed by atoms with Crippen molar-refractivity contribution in [1.29, 1.82) is 0 Å². The highest BCUT2D eigenvalue weighted by Gasteiger charge is 2.20. The average molecular weight is 260 g/mol. The fourth-order valence-electron chi connectivity index (χ4n) is 1.90. The fourth-order valence-corrected chi connectivity index (χ4v) is 2.77. The molecule has 0 aliphatic rings. The van der Waals surface area contributed by atoms with Crippen LogP contribution < -0.4 is 4.90 Å². The molecule has 0 saturated heterocycles. The molecule has 2 aromatic rings. The second kappa shape index (κ2) is 5.31. The molecular weight excluding hydrogens is 244 g/mol. The third kappa shape index (κ3) is 2.43. The highest BCUT2D eigenvalue weighted by atomic mass is 32.1. The Bertz CT molecular complexity index is 548. The molecule has 0 bridgehead atoms. The summed E-state index contributed by atoms with van der Waals surface area (Å²) in [5.74, 6) is 0.0341. The number of anilines is 1.